The lowest BCUT2D eigenvalue weighted by molar-refractivity contribution is 0.907. The van der Waals surface area contributed by atoms with Crippen LogP contribution in [0.15, 0.2) is 4.99 Å². The fourth-order valence-electron chi connectivity index (χ4n) is 0.557. The summed E-state index contributed by atoms with van der Waals surface area (Å²) < 4.78 is 0. The third-order valence-electron chi connectivity index (χ3n) is 0.906. The maximum absolute atomic E-state index is 4.10. The molecule has 1 rings (SSSR count). The van der Waals surface area contributed by atoms with Gasteiger partial charge in [0.15, 0.2) is 0 Å². The number of hydrogen-bond donors (Lipinski definition) is 0. The van der Waals surface area contributed by atoms with Gasteiger partial charge in [0.1, 0.15) is 0 Å². The lowest BCUT2D eigenvalue weighted by Crippen LogP contribution is -2.04. The Morgan fingerprint density at radius 2 is 2.71 bits per heavy atom. The van der Waals surface area contributed by atoms with E-state index in [4.69, 9.17) is 0 Å². The van der Waals surface area contributed by atoms with Gasteiger partial charge < -0.3 is 0 Å². The van der Waals surface area contributed by atoms with Gasteiger partial charge in [-0.25, -0.2) is 0 Å². The molecule has 1 aliphatic heterocycles. The SMILES string of the molecule is CC1C=NCSC1. The predicted molar refractivity (Wildman–Crippen MR) is 35.0 cm³/mol. The van der Waals surface area contributed by atoms with E-state index >= 15 is 0 Å². The molecule has 1 unspecified atom stereocenters. The molecule has 0 saturated carbocycles. The summed E-state index contributed by atoms with van der Waals surface area (Å²) in [5.74, 6) is 2.94. The van der Waals surface area contributed by atoms with Crippen molar-refractivity contribution in [3.05, 3.63) is 0 Å². The van der Waals surface area contributed by atoms with E-state index in [1.165, 1.54) is 5.75 Å². The fourth-order valence-corrected chi connectivity index (χ4v) is 1.31. The minimum atomic E-state index is 0.707. The van der Waals surface area contributed by atoms with Crippen LogP contribution in [0, 0.1) is 5.92 Å². The van der Waals surface area contributed by atoms with Gasteiger partial charge in [-0.3, -0.25) is 4.99 Å². The van der Waals surface area contributed by atoms with E-state index < -0.39 is 0 Å². The molecule has 7 heavy (non-hydrogen) atoms. The first-order valence-electron chi connectivity index (χ1n) is 2.47. The number of thioether (sulfide) groups is 1. The van der Waals surface area contributed by atoms with Crippen LogP contribution in [0.4, 0.5) is 0 Å². The van der Waals surface area contributed by atoms with Gasteiger partial charge in [-0.2, -0.15) is 0 Å². The second kappa shape index (κ2) is 2.36. The Hall–Kier alpha value is 0.0200. The van der Waals surface area contributed by atoms with Gasteiger partial charge >= 0.3 is 0 Å². The van der Waals surface area contributed by atoms with Gasteiger partial charge in [0, 0.05) is 17.9 Å². The maximum Gasteiger partial charge on any atom is 0.0840 e. The number of nitrogens with zero attached hydrogens (tertiary/aromatic N) is 1. The second-order valence-electron chi connectivity index (χ2n) is 1.81. The highest BCUT2D eigenvalue weighted by Gasteiger charge is 2.00. The van der Waals surface area contributed by atoms with E-state index in [2.05, 4.69) is 11.9 Å². The summed E-state index contributed by atoms with van der Waals surface area (Å²) in [6.45, 7) is 2.19. The Bertz CT molecular complexity index is 80.1. The average Bonchev–Trinajstić information content (AvgIpc) is 1.69. The highest BCUT2D eigenvalue weighted by molar-refractivity contribution is 7.99. The highest BCUT2D eigenvalue weighted by Crippen LogP contribution is 2.10. The maximum atomic E-state index is 4.10. The van der Waals surface area contributed by atoms with Crippen molar-refractivity contribution in [1.82, 2.24) is 0 Å². The van der Waals surface area contributed by atoms with Crippen LogP contribution in [0.1, 0.15) is 6.92 Å². The van der Waals surface area contributed by atoms with Crippen LogP contribution in [0.3, 0.4) is 0 Å². The second-order valence-corrected chi connectivity index (χ2v) is 2.81. The van der Waals surface area contributed by atoms with Crippen molar-refractivity contribution in [3.63, 3.8) is 0 Å². The minimum Gasteiger partial charge on any atom is -0.286 e. The van der Waals surface area contributed by atoms with E-state index in [9.17, 15) is 0 Å². The summed E-state index contributed by atoms with van der Waals surface area (Å²) >= 11 is 1.91. The van der Waals surface area contributed by atoms with E-state index in [0.717, 1.165) is 5.88 Å². The molecule has 0 aromatic carbocycles. The van der Waals surface area contributed by atoms with Crippen molar-refractivity contribution >= 4 is 18.0 Å². The molecule has 1 atom stereocenters. The van der Waals surface area contributed by atoms with Gasteiger partial charge in [0.25, 0.3) is 0 Å². The molecule has 0 amide bonds. The third-order valence-corrected chi connectivity index (χ3v) is 2.00. The van der Waals surface area contributed by atoms with Gasteiger partial charge in [0.2, 0.25) is 0 Å². The quantitative estimate of drug-likeness (QED) is 0.465. The lowest BCUT2D eigenvalue weighted by Gasteiger charge is -2.07. The van der Waals surface area contributed by atoms with Crippen LogP contribution in [-0.4, -0.2) is 17.8 Å². The van der Waals surface area contributed by atoms with E-state index in [1.807, 2.05) is 18.0 Å². The van der Waals surface area contributed by atoms with Crippen LogP contribution in [0.2, 0.25) is 0 Å². The summed E-state index contributed by atoms with van der Waals surface area (Å²) in [6, 6.07) is 0. The predicted octanol–water partition coefficient (Wildman–Crippen LogP) is 1.40. The van der Waals surface area contributed by atoms with Gasteiger partial charge in [0.05, 0.1) is 5.88 Å². The molecular formula is C5H9NS. The average molecular weight is 115 g/mol. The Balaban J connectivity index is 2.36. The molecule has 1 heterocycles. The topological polar surface area (TPSA) is 12.4 Å². The van der Waals surface area contributed by atoms with E-state index in [1.54, 1.807) is 0 Å². The molecule has 0 aromatic heterocycles. The summed E-state index contributed by atoms with van der Waals surface area (Å²) in [6.07, 6.45) is 2.04. The van der Waals surface area contributed by atoms with E-state index in [-0.39, 0.29) is 0 Å². The molecule has 1 aliphatic rings. The van der Waals surface area contributed by atoms with E-state index in [0.29, 0.717) is 5.92 Å². The molecule has 0 N–H and O–H groups in total. The van der Waals surface area contributed by atoms with Crippen molar-refractivity contribution in [3.8, 4) is 0 Å². The number of hydrogen-bond acceptors (Lipinski definition) is 2. The normalized spacial score (nSPS) is 30.7. The van der Waals surface area contributed by atoms with Crippen molar-refractivity contribution in [2.45, 2.75) is 6.92 Å². The van der Waals surface area contributed by atoms with Crippen LogP contribution in [0.25, 0.3) is 0 Å². The summed E-state index contributed by atoms with van der Waals surface area (Å²) in [5.41, 5.74) is 0. The van der Waals surface area contributed by atoms with Crippen molar-refractivity contribution < 1.29 is 0 Å². The molecule has 0 aliphatic carbocycles. The molecule has 1 nitrogen and oxygen atoms in total. The fraction of sp³-hybridized carbons (Fsp3) is 0.800. The monoisotopic (exact) mass is 115 g/mol. The standard InChI is InChI=1S/C5H9NS/c1-5-2-6-4-7-3-5/h2,5H,3-4H2,1H3. The Morgan fingerprint density at radius 3 is 3.00 bits per heavy atom. The first-order valence-corrected chi connectivity index (χ1v) is 3.63. The Kier molecular flexibility index (Phi) is 1.74. The number of aliphatic imine (C=N–C) groups is 1. The van der Waals surface area contributed by atoms with Gasteiger partial charge in [-0.1, -0.05) is 6.92 Å². The molecule has 2 heteroatoms. The first kappa shape index (κ1) is 5.16. The molecule has 0 spiro atoms. The van der Waals surface area contributed by atoms with Gasteiger partial charge in [-0.15, -0.1) is 11.8 Å². The first-order chi connectivity index (χ1) is 3.39. The molecule has 0 radical (unpaired) electrons. The lowest BCUT2D eigenvalue weighted by atomic mass is 10.2. The van der Waals surface area contributed by atoms with Crippen molar-refractivity contribution in [1.29, 1.82) is 0 Å². The summed E-state index contributed by atoms with van der Waals surface area (Å²) in [5, 5.41) is 0. The van der Waals surface area contributed by atoms with Crippen molar-refractivity contribution in [2.24, 2.45) is 10.9 Å². The molecule has 0 saturated heterocycles. The van der Waals surface area contributed by atoms with Gasteiger partial charge in [-0.05, 0) is 0 Å². The molecule has 0 bridgehead atoms. The molecule has 0 fully saturated rings. The van der Waals surface area contributed by atoms with Crippen LogP contribution < -0.4 is 0 Å². The molecular weight excluding hydrogens is 106 g/mol. The smallest absolute Gasteiger partial charge is 0.0840 e. The number of rotatable bonds is 0. The Morgan fingerprint density at radius 1 is 1.86 bits per heavy atom. The zero-order valence-corrected chi connectivity index (χ0v) is 5.24. The zero-order valence-electron chi connectivity index (χ0n) is 4.42. The van der Waals surface area contributed by atoms with Crippen LogP contribution in [-0.2, 0) is 0 Å². The minimum absolute atomic E-state index is 0.707. The molecule has 0 aromatic rings. The third kappa shape index (κ3) is 1.51. The van der Waals surface area contributed by atoms with Crippen molar-refractivity contribution in [2.75, 3.05) is 11.6 Å². The largest absolute Gasteiger partial charge is 0.286 e. The summed E-state index contributed by atoms with van der Waals surface area (Å²) in [4.78, 5) is 4.10. The summed E-state index contributed by atoms with van der Waals surface area (Å²) in [7, 11) is 0. The zero-order chi connectivity index (χ0) is 5.11. The van der Waals surface area contributed by atoms with Crippen LogP contribution >= 0.6 is 11.8 Å². The van der Waals surface area contributed by atoms with Crippen LogP contribution in [0.5, 0.6) is 0 Å². The Labute approximate surface area is 48.2 Å². The highest BCUT2D eigenvalue weighted by atomic mass is 32.2. The molecule has 40 valence electrons.